The maximum atomic E-state index is 11.3. The topological polar surface area (TPSA) is 39.2 Å². The van der Waals surface area contributed by atoms with Crippen molar-refractivity contribution in [2.24, 2.45) is 5.92 Å². The highest BCUT2D eigenvalue weighted by molar-refractivity contribution is 7.09. The molecule has 1 aromatic heterocycles. The number of fused-ring (bicyclic) bond motifs is 1. The van der Waals surface area contributed by atoms with Gasteiger partial charge in [0.25, 0.3) is 0 Å². The predicted molar refractivity (Wildman–Crippen MR) is 51.8 cm³/mol. The molecule has 3 rings (SSSR count). The van der Waals surface area contributed by atoms with Crippen LogP contribution in [-0.2, 0) is 15.1 Å². The third-order valence-corrected chi connectivity index (χ3v) is 4.20. The molecule has 2 heterocycles. The number of aromatic nitrogens is 1. The summed E-state index contributed by atoms with van der Waals surface area (Å²) in [5, 5.41) is 2.94. The Hall–Kier alpha value is -0.900. The molecular weight excluding hydrogens is 198 g/mol. The first-order valence-corrected chi connectivity index (χ1v) is 5.81. The molecule has 2 aliphatic rings. The molecule has 74 valence electrons. The molecule has 0 bridgehead atoms. The van der Waals surface area contributed by atoms with Gasteiger partial charge >= 0.3 is 5.97 Å². The van der Waals surface area contributed by atoms with Gasteiger partial charge in [0.1, 0.15) is 5.01 Å². The quantitative estimate of drug-likeness (QED) is 0.665. The fourth-order valence-corrected chi connectivity index (χ4v) is 3.54. The third-order valence-electron chi connectivity index (χ3n) is 3.26. The van der Waals surface area contributed by atoms with E-state index in [9.17, 15) is 4.79 Å². The Morgan fingerprint density at radius 1 is 1.64 bits per heavy atom. The molecule has 0 radical (unpaired) electrons. The minimum Gasteiger partial charge on any atom is -0.451 e. The minimum atomic E-state index is -0.342. The summed E-state index contributed by atoms with van der Waals surface area (Å²) in [6.07, 6.45) is 5.58. The zero-order valence-corrected chi connectivity index (χ0v) is 8.55. The molecule has 0 aromatic carbocycles. The monoisotopic (exact) mass is 209 g/mol. The van der Waals surface area contributed by atoms with E-state index in [2.05, 4.69) is 4.98 Å². The first-order valence-electron chi connectivity index (χ1n) is 4.93. The lowest BCUT2D eigenvalue weighted by molar-refractivity contribution is -0.149. The normalized spacial score (nSPS) is 35.7. The number of esters is 1. The Morgan fingerprint density at radius 2 is 2.57 bits per heavy atom. The Bertz CT molecular complexity index is 362. The molecule has 2 fully saturated rings. The Labute approximate surface area is 86.1 Å². The summed E-state index contributed by atoms with van der Waals surface area (Å²) >= 11 is 1.60. The standard InChI is InChI=1S/C10H11NO2S/c12-8-6-7-2-1-3-10(7,13-8)9-11-4-5-14-9/h4-5,7H,1-3,6H2. The van der Waals surface area contributed by atoms with Gasteiger partial charge in [0.15, 0.2) is 5.60 Å². The van der Waals surface area contributed by atoms with E-state index in [1.54, 1.807) is 17.5 Å². The van der Waals surface area contributed by atoms with E-state index in [4.69, 9.17) is 4.74 Å². The molecule has 1 aliphatic carbocycles. The molecule has 1 aromatic rings. The van der Waals surface area contributed by atoms with Crippen molar-refractivity contribution in [2.45, 2.75) is 31.3 Å². The summed E-state index contributed by atoms with van der Waals surface area (Å²) in [4.78, 5) is 15.6. The SMILES string of the molecule is O=C1CC2CCCC2(c2nccs2)O1. The number of carbonyl (C=O) groups is 1. The fraction of sp³-hybridized carbons (Fsp3) is 0.600. The van der Waals surface area contributed by atoms with Crippen LogP contribution >= 0.6 is 11.3 Å². The lowest BCUT2D eigenvalue weighted by Crippen LogP contribution is -2.27. The number of ether oxygens (including phenoxy) is 1. The van der Waals surface area contributed by atoms with Crippen LogP contribution < -0.4 is 0 Å². The molecule has 1 saturated carbocycles. The van der Waals surface area contributed by atoms with Crippen LogP contribution in [0.25, 0.3) is 0 Å². The van der Waals surface area contributed by atoms with Crippen LogP contribution in [0.15, 0.2) is 11.6 Å². The number of hydrogen-bond donors (Lipinski definition) is 0. The third kappa shape index (κ3) is 0.974. The van der Waals surface area contributed by atoms with Crippen LogP contribution in [0.2, 0.25) is 0 Å². The van der Waals surface area contributed by atoms with E-state index in [1.807, 2.05) is 5.38 Å². The van der Waals surface area contributed by atoms with Gasteiger partial charge in [-0.1, -0.05) is 0 Å². The van der Waals surface area contributed by atoms with Crippen molar-refractivity contribution in [3.05, 3.63) is 16.6 Å². The summed E-state index contributed by atoms with van der Waals surface area (Å²) in [7, 11) is 0. The van der Waals surface area contributed by atoms with Crippen LogP contribution in [0.3, 0.4) is 0 Å². The number of thiazole rings is 1. The van der Waals surface area contributed by atoms with E-state index < -0.39 is 0 Å². The zero-order chi connectivity index (χ0) is 9.60. The van der Waals surface area contributed by atoms with Crippen molar-refractivity contribution in [1.29, 1.82) is 0 Å². The summed E-state index contributed by atoms with van der Waals surface area (Å²) in [5.41, 5.74) is -0.342. The lowest BCUT2D eigenvalue weighted by Gasteiger charge is -2.24. The average Bonchev–Trinajstić information content (AvgIpc) is 2.74. The van der Waals surface area contributed by atoms with Crippen LogP contribution in [0, 0.1) is 5.92 Å². The van der Waals surface area contributed by atoms with Crippen molar-refractivity contribution < 1.29 is 9.53 Å². The van der Waals surface area contributed by atoms with Crippen LogP contribution in [0.4, 0.5) is 0 Å². The smallest absolute Gasteiger partial charge is 0.307 e. The zero-order valence-electron chi connectivity index (χ0n) is 7.73. The second kappa shape index (κ2) is 2.79. The van der Waals surface area contributed by atoms with Crippen molar-refractivity contribution in [3.63, 3.8) is 0 Å². The van der Waals surface area contributed by atoms with E-state index in [0.29, 0.717) is 12.3 Å². The van der Waals surface area contributed by atoms with Gasteiger partial charge in [-0.25, -0.2) is 4.98 Å². The molecule has 14 heavy (non-hydrogen) atoms. The molecule has 1 saturated heterocycles. The van der Waals surface area contributed by atoms with Gasteiger partial charge in [-0.3, -0.25) is 4.79 Å². The van der Waals surface area contributed by atoms with Crippen molar-refractivity contribution in [2.75, 3.05) is 0 Å². The Kier molecular flexibility index (Phi) is 1.68. The lowest BCUT2D eigenvalue weighted by atomic mass is 9.91. The first-order chi connectivity index (χ1) is 6.81. The minimum absolute atomic E-state index is 0.0510. The number of nitrogens with zero attached hydrogens (tertiary/aromatic N) is 1. The molecule has 4 heteroatoms. The molecule has 0 N–H and O–H groups in total. The summed E-state index contributed by atoms with van der Waals surface area (Å²) < 4.78 is 5.53. The highest BCUT2D eigenvalue weighted by Crippen LogP contribution is 2.52. The highest BCUT2D eigenvalue weighted by atomic mass is 32.1. The van der Waals surface area contributed by atoms with Gasteiger partial charge in [0.2, 0.25) is 0 Å². The maximum absolute atomic E-state index is 11.3. The number of carbonyl (C=O) groups excluding carboxylic acids is 1. The number of hydrogen-bond acceptors (Lipinski definition) is 4. The molecule has 0 spiro atoms. The van der Waals surface area contributed by atoms with Crippen molar-refractivity contribution in [3.8, 4) is 0 Å². The van der Waals surface area contributed by atoms with Crippen LogP contribution in [0.1, 0.15) is 30.7 Å². The maximum Gasteiger partial charge on any atom is 0.307 e. The molecular formula is C10H11NO2S. The van der Waals surface area contributed by atoms with Crippen LogP contribution in [-0.4, -0.2) is 11.0 Å². The molecule has 2 unspecified atom stereocenters. The molecule has 1 aliphatic heterocycles. The molecule has 2 atom stereocenters. The van der Waals surface area contributed by atoms with E-state index in [-0.39, 0.29) is 11.6 Å². The van der Waals surface area contributed by atoms with Gasteiger partial charge in [-0.2, -0.15) is 0 Å². The average molecular weight is 209 g/mol. The van der Waals surface area contributed by atoms with Gasteiger partial charge in [-0.05, 0) is 19.3 Å². The van der Waals surface area contributed by atoms with Gasteiger partial charge in [0, 0.05) is 17.5 Å². The van der Waals surface area contributed by atoms with Gasteiger partial charge < -0.3 is 4.74 Å². The Morgan fingerprint density at radius 3 is 3.36 bits per heavy atom. The summed E-state index contributed by atoms with van der Waals surface area (Å²) in [6.45, 7) is 0. The number of rotatable bonds is 1. The van der Waals surface area contributed by atoms with E-state index in [0.717, 1.165) is 24.3 Å². The largest absolute Gasteiger partial charge is 0.451 e. The van der Waals surface area contributed by atoms with Crippen molar-refractivity contribution in [1.82, 2.24) is 4.98 Å². The predicted octanol–water partition coefficient (Wildman–Crippen LogP) is 2.09. The first kappa shape index (κ1) is 8.41. The highest BCUT2D eigenvalue weighted by Gasteiger charge is 2.54. The van der Waals surface area contributed by atoms with E-state index in [1.165, 1.54) is 0 Å². The van der Waals surface area contributed by atoms with E-state index >= 15 is 0 Å². The summed E-state index contributed by atoms with van der Waals surface area (Å²) in [6, 6.07) is 0. The second-order valence-electron chi connectivity index (χ2n) is 3.99. The van der Waals surface area contributed by atoms with Gasteiger partial charge in [-0.15, -0.1) is 11.3 Å². The van der Waals surface area contributed by atoms with Crippen molar-refractivity contribution >= 4 is 17.3 Å². The Balaban J connectivity index is 2.05. The summed E-state index contributed by atoms with van der Waals surface area (Å²) in [5.74, 6) is 0.325. The molecule has 3 nitrogen and oxygen atoms in total. The van der Waals surface area contributed by atoms with Crippen LogP contribution in [0.5, 0.6) is 0 Å². The van der Waals surface area contributed by atoms with Gasteiger partial charge in [0.05, 0.1) is 6.42 Å². The second-order valence-corrected chi connectivity index (χ2v) is 4.89. The fourth-order valence-electron chi connectivity index (χ4n) is 2.65. The molecule has 0 amide bonds.